The van der Waals surface area contributed by atoms with E-state index in [1.165, 1.54) is 11.3 Å². The quantitative estimate of drug-likeness (QED) is 0.882. The van der Waals surface area contributed by atoms with Gasteiger partial charge in [-0.2, -0.15) is 0 Å². The summed E-state index contributed by atoms with van der Waals surface area (Å²) in [5, 5.41) is 7.37. The Morgan fingerprint density at radius 2 is 2.09 bits per heavy atom. The maximum absolute atomic E-state index is 13.1. The van der Waals surface area contributed by atoms with Gasteiger partial charge in [-0.05, 0) is 6.92 Å². The van der Waals surface area contributed by atoms with Crippen molar-refractivity contribution in [2.24, 2.45) is 0 Å². The van der Waals surface area contributed by atoms with Crippen LogP contribution in [0.3, 0.4) is 0 Å². The molecule has 23 heavy (non-hydrogen) atoms. The predicted molar refractivity (Wildman–Crippen MR) is 89.5 cm³/mol. The molecule has 1 aromatic carbocycles. The van der Waals surface area contributed by atoms with Crippen molar-refractivity contribution >= 4 is 34.8 Å². The highest BCUT2D eigenvalue weighted by molar-refractivity contribution is 7.14. The lowest BCUT2D eigenvalue weighted by atomic mass is 10.1. The Hall–Kier alpha value is -1.57. The van der Waals surface area contributed by atoms with E-state index < -0.39 is 30.8 Å². The Bertz CT molecular complexity index is 690. The second kappa shape index (κ2) is 6.90. The van der Waals surface area contributed by atoms with E-state index in [2.05, 4.69) is 15.6 Å². The molecule has 1 atom stereocenters. The molecule has 0 radical (unpaired) electrons. The topological polar surface area (TPSA) is 54.0 Å². The minimum absolute atomic E-state index is 0. The summed E-state index contributed by atoms with van der Waals surface area (Å²) in [5.74, 6) is -3.29. The molecule has 0 spiro atoms. The van der Waals surface area contributed by atoms with Crippen molar-refractivity contribution in [3.05, 3.63) is 35.2 Å². The first-order valence-corrected chi connectivity index (χ1v) is 7.76. The van der Waals surface area contributed by atoms with Crippen LogP contribution >= 0.6 is 23.7 Å². The Labute approximate surface area is 142 Å². The van der Waals surface area contributed by atoms with Crippen LogP contribution in [0.4, 0.5) is 13.9 Å². The maximum atomic E-state index is 13.1. The van der Waals surface area contributed by atoms with Gasteiger partial charge in [-0.25, -0.2) is 13.8 Å². The summed E-state index contributed by atoms with van der Waals surface area (Å²) in [6, 6.07) is 7.00. The summed E-state index contributed by atoms with van der Waals surface area (Å²) >= 11 is 1.28. The first-order valence-electron chi connectivity index (χ1n) is 6.88. The molecule has 0 bridgehead atoms. The normalized spacial score (nSPS) is 19.2. The molecule has 1 saturated heterocycles. The van der Waals surface area contributed by atoms with E-state index in [1.807, 2.05) is 36.6 Å². The molecule has 4 nitrogen and oxygen atoms in total. The number of benzene rings is 1. The Morgan fingerprint density at radius 3 is 2.70 bits per heavy atom. The van der Waals surface area contributed by atoms with E-state index in [0.29, 0.717) is 5.13 Å². The number of amides is 1. The van der Waals surface area contributed by atoms with Gasteiger partial charge in [0.2, 0.25) is 5.91 Å². The number of nitrogens with one attached hydrogen (secondary N) is 2. The van der Waals surface area contributed by atoms with Gasteiger partial charge in [-0.1, -0.05) is 29.8 Å². The maximum Gasteiger partial charge on any atom is 0.262 e. The molecular weight excluding hydrogens is 344 g/mol. The second-order valence-electron chi connectivity index (χ2n) is 5.39. The number of anilines is 1. The molecule has 1 fully saturated rings. The zero-order valence-corrected chi connectivity index (χ0v) is 13.9. The smallest absolute Gasteiger partial charge is 0.262 e. The van der Waals surface area contributed by atoms with Crippen molar-refractivity contribution < 1.29 is 13.6 Å². The summed E-state index contributed by atoms with van der Waals surface area (Å²) in [4.78, 5) is 16.3. The molecule has 0 saturated carbocycles. The largest absolute Gasteiger partial charge is 0.301 e. The molecule has 1 amide bonds. The first kappa shape index (κ1) is 17.8. The number of aromatic nitrogens is 1. The van der Waals surface area contributed by atoms with Gasteiger partial charge in [-0.3, -0.25) is 10.1 Å². The third-order valence-electron chi connectivity index (χ3n) is 3.51. The van der Waals surface area contributed by atoms with Crippen molar-refractivity contribution in [2.45, 2.75) is 25.3 Å². The molecule has 3 rings (SSSR count). The number of thiazole rings is 1. The third kappa shape index (κ3) is 4.25. The fourth-order valence-corrected chi connectivity index (χ4v) is 3.00. The number of hydrogen-bond acceptors (Lipinski definition) is 4. The summed E-state index contributed by atoms with van der Waals surface area (Å²) in [6.45, 7) is 1.54. The van der Waals surface area contributed by atoms with Crippen molar-refractivity contribution in [3.63, 3.8) is 0 Å². The van der Waals surface area contributed by atoms with E-state index in [-0.39, 0.29) is 12.4 Å². The van der Waals surface area contributed by atoms with Crippen LogP contribution in [0.25, 0.3) is 11.3 Å². The van der Waals surface area contributed by atoms with Crippen molar-refractivity contribution in [1.29, 1.82) is 0 Å². The summed E-state index contributed by atoms with van der Waals surface area (Å²) in [7, 11) is 0. The summed E-state index contributed by atoms with van der Waals surface area (Å²) < 4.78 is 26.2. The molecule has 124 valence electrons. The first-order chi connectivity index (χ1) is 10.4. The van der Waals surface area contributed by atoms with Crippen LogP contribution < -0.4 is 10.6 Å². The van der Waals surface area contributed by atoms with Crippen molar-refractivity contribution in [3.8, 4) is 11.3 Å². The number of hydrogen-bond donors (Lipinski definition) is 2. The monoisotopic (exact) mass is 359 g/mol. The highest BCUT2D eigenvalue weighted by Crippen LogP contribution is 2.28. The number of carbonyl (C=O) groups is 1. The molecule has 1 aliphatic rings. The van der Waals surface area contributed by atoms with Crippen molar-refractivity contribution in [1.82, 2.24) is 10.3 Å². The lowest BCUT2D eigenvalue weighted by molar-refractivity contribution is -0.118. The van der Waals surface area contributed by atoms with Crippen LogP contribution in [0.15, 0.2) is 29.6 Å². The van der Waals surface area contributed by atoms with Gasteiger partial charge < -0.3 is 5.32 Å². The van der Waals surface area contributed by atoms with Crippen LogP contribution in [-0.4, -0.2) is 29.4 Å². The Kier molecular flexibility index (Phi) is 5.33. The number of carbonyl (C=O) groups excluding carboxylic acids is 1. The molecule has 0 aliphatic carbocycles. The molecule has 2 N–H and O–H groups in total. The van der Waals surface area contributed by atoms with Gasteiger partial charge in [-0.15, -0.1) is 23.7 Å². The third-order valence-corrected chi connectivity index (χ3v) is 4.27. The van der Waals surface area contributed by atoms with E-state index in [9.17, 15) is 13.6 Å². The van der Waals surface area contributed by atoms with Crippen molar-refractivity contribution in [2.75, 3.05) is 11.9 Å². The molecule has 1 aromatic heterocycles. The fourth-order valence-electron chi connectivity index (χ4n) is 2.28. The van der Waals surface area contributed by atoms with Gasteiger partial charge in [0, 0.05) is 17.4 Å². The average molecular weight is 360 g/mol. The molecular formula is C15H16ClF2N3OS. The molecule has 2 heterocycles. The number of aryl methyl sites for hydroxylation is 1. The minimum Gasteiger partial charge on any atom is -0.301 e. The minimum atomic E-state index is -2.82. The van der Waals surface area contributed by atoms with Gasteiger partial charge in [0.05, 0.1) is 18.3 Å². The van der Waals surface area contributed by atoms with E-state index in [0.717, 1.165) is 16.8 Å². The molecule has 1 aliphatic heterocycles. The van der Waals surface area contributed by atoms with E-state index in [4.69, 9.17) is 0 Å². The van der Waals surface area contributed by atoms with Crippen LogP contribution in [0.2, 0.25) is 0 Å². The lowest BCUT2D eigenvalue weighted by Gasteiger charge is -2.09. The van der Waals surface area contributed by atoms with Gasteiger partial charge in [0.15, 0.2) is 5.13 Å². The highest BCUT2D eigenvalue weighted by atomic mass is 35.5. The summed E-state index contributed by atoms with van der Waals surface area (Å²) in [5.41, 5.74) is 2.86. The summed E-state index contributed by atoms with van der Waals surface area (Å²) in [6.07, 6.45) is -0.477. The second-order valence-corrected chi connectivity index (χ2v) is 6.24. The van der Waals surface area contributed by atoms with Gasteiger partial charge in [0.1, 0.15) is 0 Å². The number of halogens is 3. The highest BCUT2D eigenvalue weighted by Gasteiger charge is 2.42. The van der Waals surface area contributed by atoms with Gasteiger partial charge in [0.25, 0.3) is 5.92 Å². The number of nitrogens with zero attached hydrogens (tertiary/aromatic N) is 1. The SMILES string of the molecule is Cc1ccc(-c2csc(NC(=O)C3CC(F)(F)CN3)n2)cc1.Cl. The molecule has 8 heteroatoms. The van der Waals surface area contributed by atoms with Gasteiger partial charge >= 0.3 is 0 Å². The van der Waals surface area contributed by atoms with E-state index in [1.54, 1.807) is 0 Å². The number of alkyl halides is 2. The standard InChI is InChI=1S/C15H15F2N3OS.ClH/c1-9-2-4-10(5-3-9)12-7-22-14(19-12)20-13(21)11-6-15(16,17)8-18-11;/h2-5,7,11,18H,6,8H2,1H3,(H,19,20,21);1H. The predicted octanol–water partition coefficient (Wildman–Crippen LogP) is 3.48. The Morgan fingerprint density at radius 1 is 1.39 bits per heavy atom. The van der Waals surface area contributed by atoms with Crippen LogP contribution in [0.1, 0.15) is 12.0 Å². The molecule has 2 aromatic rings. The van der Waals surface area contributed by atoms with E-state index >= 15 is 0 Å². The fraction of sp³-hybridized carbons (Fsp3) is 0.333. The lowest BCUT2D eigenvalue weighted by Crippen LogP contribution is -2.35. The number of rotatable bonds is 3. The average Bonchev–Trinajstić information content (AvgIpc) is 3.06. The Balaban J connectivity index is 0.00000192. The molecule has 1 unspecified atom stereocenters. The van der Waals surface area contributed by atoms with Crippen LogP contribution in [0, 0.1) is 6.92 Å². The zero-order valence-electron chi connectivity index (χ0n) is 12.3. The zero-order chi connectivity index (χ0) is 15.7. The van der Waals surface area contributed by atoms with Crippen LogP contribution in [0.5, 0.6) is 0 Å². The van der Waals surface area contributed by atoms with Crippen LogP contribution in [-0.2, 0) is 4.79 Å².